The van der Waals surface area contributed by atoms with Crippen molar-refractivity contribution in [2.24, 2.45) is 0 Å². The number of hydrogen-bond donors (Lipinski definition) is 2. The van der Waals surface area contributed by atoms with Crippen molar-refractivity contribution in [1.29, 1.82) is 0 Å². The largest absolute Gasteiger partial charge is 0.384 e. The van der Waals surface area contributed by atoms with Crippen molar-refractivity contribution in [2.45, 2.75) is 19.1 Å². The first-order valence-electron chi connectivity index (χ1n) is 7.63. The molecule has 3 nitrogen and oxygen atoms in total. The number of hydrogen-bond acceptors (Lipinski definition) is 4. The summed E-state index contributed by atoms with van der Waals surface area (Å²) in [7, 11) is 0. The average molecular weight is 324 g/mol. The van der Waals surface area contributed by atoms with E-state index in [0.717, 1.165) is 21.8 Å². The summed E-state index contributed by atoms with van der Waals surface area (Å²) in [5.74, 6) is 0. The van der Waals surface area contributed by atoms with Gasteiger partial charge in [0.05, 0.1) is 11.3 Å². The Morgan fingerprint density at radius 2 is 1.70 bits per heavy atom. The second kappa shape index (κ2) is 7.04. The van der Waals surface area contributed by atoms with Crippen LogP contribution in [0.1, 0.15) is 17.5 Å². The molecule has 0 fully saturated rings. The molecule has 3 rings (SSSR count). The summed E-state index contributed by atoms with van der Waals surface area (Å²) in [5.41, 5.74) is 2.16. The summed E-state index contributed by atoms with van der Waals surface area (Å²) < 4.78 is 0. The zero-order valence-electron chi connectivity index (χ0n) is 13.1. The summed E-state index contributed by atoms with van der Waals surface area (Å²) in [6, 6.07) is 19.9. The molecule has 2 N–H and O–H groups in total. The van der Waals surface area contributed by atoms with Crippen molar-refractivity contribution >= 4 is 11.3 Å². The molecule has 1 unspecified atom stereocenters. The summed E-state index contributed by atoms with van der Waals surface area (Å²) in [6.07, 6.45) is 0. The molecule has 0 radical (unpaired) electrons. The monoisotopic (exact) mass is 324 g/mol. The van der Waals surface area contributed by atoms with E-state index < -0.39 is 5.60 Å². The summed E-state index contributed by atoms with van der Waals surface area (Å²) >= 11 is 1.64. The van der Waals surface area contributed by atoms with Crippen molar-refractivity contribution < 1.29 is 5.11 Å². The van der Waals surface area contributed by atoms with Gasteiger partial charge in [0, 0.05) is 24.0 Å². The minimum atomic E-state index is -0.888. The third-order valence-corrected chi connectivity index (χ3v) is 4.61. The molecule has 0 saturated heterocycles. The van der Waals surface area contributed by atoms with Crippen molar-refractivity contribution in [2.75, 3.05) is 6.54 Å². The minimum Gasteiger partial charge on any atom is -0.384 e. The molecule has 3 aromatic rings. The molecule has 0 amide bonds. The number of thiazole rings is 1. The highest BCUT2D eigenvalue weighted by atomic mass is 32.1. The van der Waals surface area contributed by atoms with E-state index in [0.29, 0.717) is 13.1 Å². The first-order valence-corrected chi connectivity index (χ1v) is 8.51. The second-order valence-electron chi connectivity index (χ2n) is 5.74. The van der Waals surface area contributed by atoms with E-state index in [-0.39, 0.29) is 0 Å². The Morgan fingerprint density at radius 3 is 2.39 bits per heavy atom. The highest BCUT2D eigenvalue weighted by Crippen LogP contribution is 2.22. The van der Waals surface area contributed by atoms with Crippen molar-refractivity contribution in [3.05, 3.63) is 76.6 Å². The Balaban J connectivity index is 1.58. The molecule has 0 aliphatic rings. The molecular weight excluding hydrogens is 304 g/mol. The number of nitrogens with zero attached hydrogens (tertiary/aromatic N) is 1. The quantitative estimate of drug-likeness (QED) is 0.725. The van der Waals surface area contributed by atoms with Crippen molar-refractivity contribution in [3.8, 4) is 11.3 Å². The lowest BCUT2D eigenvalue weighted by atomic mass is 9.96. The predicted molar refractivity (Wildman–Crippen MR) is 95.3 cm³/mol. The Bertz CT molecular complexity index is 738. The van der Waals surface area contributed by atoms with E-state index >= 15 is 0 Å². The third kappa shape index (κ3) is 4.05. The molecule has 1 aromatic heterocycles. The van der Waals surface area contributed by atoms with Gasteiger partial charge in [-0.05, 0) is 12.5 Å². The zero-order chi connectivity index (χ0) is 16.1. The maximum Gasteiger partial charge on any atom is 0.107 e. The second-order valence-corrected chi connectivity index (χ2v) is 6.68. The fourth-order valence-electron chi connectivity index (χ4n) is 2.45. The molecule has 0 aliphatic heterocycles. The predicted octanol–water partition coefficient (Wildman–Crippen LogP) is 3.81. The normalized spacial score (nSPS) is 13.7. The van der Waals surface area contributed by atoms with Crippen LogP contribution in [0.15, 0.2) is 66.0 Å². The van der Waals surface area contributed by atoms with E-state index in [4.69, 9.17) is 0 Å². The minimum absolute atomic E-state index is 0.483. The molecule has 0 saturated carbocycles. The summed E-state index contributed by atoms with van der Waals surface area (Å²) in [5, 5.41) is 17.0. The van der Waals surface area contributed by atoms with Gasteiger partial charge in [0.2, 0.25) is 0 Å². The molecule has 23 heavy (non-hydrogen) atoms. The van der Waals surface area contributed by atoms with Crippen LogP contribution in [0.3, 0.4) is 0 Å². The van der Waals surface area contributed by atoms with Crippen LogP contribution in [0.2, 0.25) is 0 Å². The number of aromatic nitrogens is 1. The number of rotatable bonds is 6. The molecule has 1 heterocycles. The zero-order valence-corrected chi connectivity index (χ0v) is 13.9. The maximum absolute atomic E-state index is 10.6. The van der Waals surface area contributed by atoms with Crippen molar-refractivity contribution in [1.82, 2.24) is 10.3 Å². The Kier molecular flexibility index (Phi) is 4.86. The molecular formula is C19H20N2OS. The van der Waals surface area contributed by atoms with Crippen LogP contribution in [0, 0.1) is 0 Å². The molecule has 4 heteroatoms. The Morgan fingerprint density at radius 1 is 1.04 bits per heavy atom. The van der Waals surface area contributed by atoms with Gasteiger partial charge in [-0.2, -0.15) is 0 Å². The Labute approximate surface area is 140 Å². The first-order chi connectivity index (χ1) is 11.1. The smallest absolute Gasteiger partial charge is 0.107 e. The van der Waals surface area contributed by atoms with Gasteiger partial charge < -0.3 is 10.4 Å². The van der Waals surface area contributed by atoms with Gasteiger partial charge in [-0.1, -0.05) is 60.7 Å². The summed E-state index contributed by atoms with van der Waals surface area (Å²) in [4.78, 5) is 4.65. The Hall–Kier alpha value is -2.01. The number of aliphatic hydroxyl groups is 1. The summed E-state index contributed by atoms with van der Waals surface area (Å²) in [6.45, 7) is 2.96. The standard InChI is InChI=1S/C19H20N2OS/c1-19(22,16-10-6-3-7-11-16)14-20-12-18-21-17(13-23-18)15-8-4-2-5-9-15/h2-11,13,20,22H,12,14H2,1H3. The van der Waals surface area contributed by atoms with E-state index in [1.165, 1.54) is 0 Å². The van der Waals surface area contributed by atoms with E-state index in [1.54, 1.807) is 11.3 Å². The fourth-order valence-corrected chi connectivity index (χ4v) is 3.22. The van der Waals surface area contributed by atoms with Gasteiger partial charge in [-0.25, -0.2) is 4.98 Å². The molecule has 1 atom stereocenters. The maximum atomic E-state index is 10.6. The SMILES string of the molecule is CC(O)(CNCc1nc(-c2ccccc2)cs1)c1ccccc1. The van der Waals surface area contributed by atoms with Crippen LogP contribution in [0.25, 0.3) is 11.3 Å². The van der Waals surface area contributed by atoms with Gasteiger partial charge >= 0.3 is 0 Å². The molecule has 0 spiro atoms. The van der Waals surface area contributed by atoms with E-state index in [2.05, 4.69) is 27.8 Å². The van der Waals surface area contributed by atoms with Crippen LogP contribution in [-0.2, 0) is 12.1 Å². The van der Waals surface area contributed by atoms with Crippen LogP contribution >= 0.6 is 11.3 Å². The third-order valence-electron chi connectivity index (χ3n) is 3.76. The van der Waals surface area contributed by atoms with Gasteiger partial charge in [-0.3, -0.25) is 0 Å². The molecule has 0 aliphatic carbocycles. The topological polar surface area (TPSA) is 45.1 Å². The van der Waals surface area contributed by atoms with Gasteiger partial charge in [0.1, 0.15) is 5.01 Å². The lowest BCUT2D eigenvalue weighted by Gasteiger charge is -2.24. The molecule has 0 bridgehead atoms. The fraction of sp³-hybridized carbons (Fsp3) is 0.211. The van der Waals surface area contributed by atoms with Crippen LogP contribution in [0.5, 0.6) is 0 Å². The van der Waals surface area contributed by atoms with Crippen LogP contribution in [0.4, 0.5) is 0 Å². The van der Waals surface area contributed by atoms with Gasteiger partial charge in [0.15, 0.2) is 0 Å². The van der Waals surface area contributed by atoms with E-state index in [1.807, 2.05) is 55.5 Å². The highest BCUT2D eigenvalue weighted by Gasteiger charge is 2.22. The lowest BCUT2D eigenvalue weighted by Crippen LogP contribution is -2.35. The van der Waals surface area contributed by atoms with Crippen LogP contribution < -0.4 is 5.32 Å². The average Bonchev–Trinajstić information content (AvgIpc) is 3.05. The van der Waals surface area contributed by atoms with Crippen molar-refractivity contribution in [3.63, 3.8) is 0 Å². The first kappa shape index (κ1) is 15.9. The lowest BCUT2D eigenvalue weighted by molar-refractivity contribution is 0.0567. The number of benzene rings is 2. The molecule has 2 aromatic carbocycles. The van der Waals surface area contributed by atoms with Crippen LogP contribution in [-0.4, -0.2) is 16.6 Å². The van der Waals surface area contributed by atoms with Gasteiger partial charge in [0.25, 0.3) is 0 Å². The number of nitrogens with one attached hydrogen (secondary N) is 1. The van der Waals surface area contributed by atoms with E-state index in [9.17, 15) is 5.11 Å². The molecule has 118 valence electrons. The van der Waals surface area contributed by atoms with Gasteiger partial charge in [-0.15, -0.1) is 11.3 Å². The highest BCUT2D eigenvalue weighted by molar-refractivity contribution is 7.09.